The van der Waals surface area contributed by atoms with Gasteiger partial charge in [0.15, 0.2) is 17.0 Å². The molecule has 4 heterocycles. The van der Waals surface area contributed by atoms with Gasteiger partial charge in [0.05, 0.1) is 31.3 Å². The van der Waals surface area contributed by atoms with Crippen molar-refractivity contribution in [1.29, 1.82) is 0 Å². The van der Waals surface area contributed by atoms with E-state index in [1.807, 2.05) is 29.2 Å². The van der Waals surface area contributed by atoms with Crippen LogP contribution < -0.4 is 16.0 Å². The zero-order chi connectivity index (χ0) is 26.1. The van der Waals surface area contributed by atoms with Crippen molar-refractivity contribution in [3.63, 3.8) is 0 Å². The third-order valence-corrected chi connectivity index (χ3v) is 6.40. The predicted molar refractivity (Wildman–Crippen MR) is 140 cm³/mol. The van der Waals surface area contributed by atoms with Crippen molar-refractivity contribution in [3.8, 4) is 16.8 Å². The first-order valence-electron chi connectivity index (χ1n) is 12.1. The Morgan fingerprint density at radius 1 is 0.974 bits per heavy atom. The molecule has 0 aliphatic carbocycles. The zero-order valence-electron chi connectivity index (χ0n) is 20.3. The van der Waals surface area contributed by atoms with Gasteiger partial charge in [-0.05, 0) is 28.8 Å². The molecule has 10 nitrogen and oxygen atoms in total. The molecule has 0 saturated carbocycles. The molecule has 1 aliphatic heterocycles. The summed E-state index contributed by atoms with van der Waals surface area (Å²) in [7, 11) is 0. The van der Waals surface area contributed by atoms with Crippen LogP contribution in [0.25, 0.3) is 28.0 Å². The average molecular weight is 518 g/mol. The van der Waals surface area contributed by atoms with E-state index in [4.69, 9.17) is 20.4 Å². The van der Waals surface area contributed by atoms with Crippen LogP contribution >= 0.6 is 0 Å². The number of aromatic nitrogens is 6. The number of nitrogens with two attached hydrogens (primary N) is 1. The summed E-state index contributed by atoms with van der Waals surface area (Å²) in [4.78, 5) is 16.1. The highest BCUT2D eigenvalue weighted by molar-refractivity contribution is 5.85. The fraction of sp³-hybridized carbons (Fsp3) is 0.231. The summed E-state index contributed by atoms with van der Waals surface area (Å²) in [5.41, 5.74) is 11.2. The lowest BCUT2D eigenvalue weighted by Gasteiger charge is -2.27. The van der Waals surface area contributed by atoms with E-state index in [1.54, 1.807) is 10.9 Å². The van der Waals surface area contributed by atoms with Crippen molar-refractivity contribution in [3.05, 3.63) is 72.8 Å². The molecule has 1 fully saturated rings. The maximum absolute atomic E-state index is 13.1. The van der Waals surface area contributed by atoms with Crippen LogP contribution in [0, 0.1) is 0 Å². The van der Waals surface area contributed by atoms with E-state index in [0.29, 0.717) is 66.1 Å². The number of fused-ring (bicyclic) bond motifs is 1. The highest BCUT2D eigenvalue weighted by atomic mass is 19.3. The summed E-state index contributed by atoms with van der Waals surface area (Å²) in [6.45, 7) is 0.216. The van der Waals surface area contributed by atoms with Gasteiger partial charge >= 0.3 is 6.55 Å². The van der Waals surface area contributed by atoms with Gasteiger partial charge in [0, 0.05) is 25.3 Å². The Labute approximate surface area is 216 Å². The zero-order valence-corrected chi connectivity index (χ0v) is 20.3. The molecular weight excluding hydrogens is 492 g/mol. The number of morpholine rings is 1. The van der Waals surface area contributed by atoms with E-state index >= 15 is 0 Å². The van der Waals surface area contributed by atoms with Crippen LogP contribution in [0.15, 0.2) is 67.3 Å². The Morgan fingerprint density at radius 3 is 2.37 bits per heavy atom. The summed E-state index contributed by atoms with van der Waals surface area (Å²) in [5, 5.41) is 7.14. The molecule has 1 aliphatic rings. The first kappa shape index (κ1) is 23.8. The van der Waals surface area contributed by atoms with Crippen molar-refractivity contribution >= 4 is 28.6 Å². The Hall–Kier alpha value is -4.58. The van der Waals surface area contributed by atoms with E-state index in [1.165, 1.54) is 12.4 Å². The molecule has 0 radical (unpaired) electrons. The van der Waals surface area contributed by atoms with Gasteiger partial charge in [-0.15, -0.1) is 0 Å². The van der Waals surface area contributed by atoms with Crippen molar-refractivity contribution in [2.45, 2.75) is 13.1 Å². The number of benzene rings is 2. The molecule has 194 valence electrons. The number of anilines is 3. The van der Waals surface area contributed by atoms with Gasteiger partial charge in [-0.3, -0.25) is 4.57 Å². The van der Waals surface area contributed by atoms with Crippen molar-refractivity contribution in [2.24, 2.45) is 0 Å². The SMILES string of the molecule is Nc1ccc(-c2ccc(CNc3nc(N4CCOCC4)nc4c3ncn4-c3cnn(C(F)F)c3)cc2)cc1. The summed E-state index contributed by atoms with van der Waals surface area (Å²) < 4.78 is 34.0. The molecular formula is C26H25F2N9O. The fourth-order valence-electron chi connectivity index (χ4n) is 4.34. The highest BCUT2D eigenvalue weighted by Gasteiger charge is 2.20. The number of halogens is 2. The van der Waals surface area contributed by atoms with Gasteiger partial charge in [0.25, 0.3) is 0 Å². The minimum Gasteiger partial charge on any atom is -0.399 e. The molecule has 38 heavy (non-hydrogen) atoms. The van der Waals surface area contributed by atoms with Gasteiger partial charge in [0.2, 0.25) is 5.95 Å². The summed E-state index contributed by atoms with van der Waals surface area (Å²) in [6, 6.07) is 16.0. The molecule has 0 amide bonds. The molecule has 2 aromatic carbocycles. The quantitative estimate of drug-likeness (QED) is 0.310. The van der Waals surface area contributed by atoms with Crippen LogP contribution in [0.1, 0.15) is 12.1 Å². The summed E-state index contributed by atoms with van der Waals surface area (Å²) in [5.74, 6) is 1.07. The number of alkyl halides is 2. The molecule has 0 bridgehead atoms. The molecule has 0 atom stereocenters. The van der Waals surface area contributed by atoms with Crippen LogP contribution in [0.3, 0.4) is 0 Å². The van der Waals surface area contributed by atoms with Crippen molar-refractivity contribution in [2.75, 3.05) is 42.3 Å². The van der Waals surface area contributed by atoms with Crippen LogP contribution in [-0.4, -0.2) is 55.6 Å². The Balaban J connectivity index is 1.30. The standard InChI is InChI=1S/C26H25F2N9O/c27-25(28)37-15-21(14-32-37)36-16-31-22-23(33-26(34-24(22)36)35-9-11-38-12-10-35)30-13-17-1-3-18(4-2-17)19-5-7-20(29)8-6-19/h1-8,14-16,25H,9-13,29H2,(H,30,33,34). The van der Waals surface area contributed by atoms with Gasteiger partial charge < -0.3 is 20.7 Å². The number of hydrogen-bond acceptors (Lipinski definition) is 8. The number of nitrogens with zero attached hydrogens (tertiary/aromatic N) is 7. The van der Waals surface area contributed by atoms with E-state index in [-0.39, 0.29) is 0 Å². The number of nitrogen functional groups attached to an aromatic ring is 1. The monoisotopic (exact) mass is 517 g/mol. The molecule has 6 rings (SSSR count). The number of imidazole rings is 1. The second-order valence-corrected chi connectivity index (χ2v) is 8.89. The second kappa shape index (κ2) is 10.1. The van der Waals surface area contributed by atoms with Crippen LogP contribution in [0.2, 0.25) is 0 Å². The maximum atomic E-state index is 13.1. The van der Waals surface area contributed by atoms with E-state index < -0.39 is 6.55 Å². The van der Waals surface area contributed by atoms with Gasteiger partial charge in [-0.1, -0.05) is 36.4 Å². The number of hydrogen-bond donors (Lipinski definition) is 2. The lowest BCUT2D eigenvalue weighted by atomic mass is 10.0. The normalized spacial score (nSPS) is 13.9. The lowest BCUT2D eigenvalue weighted by molar-refractivity contribution is 0.0566. The van der Waals surface area contributed by atoms with E-state index in [0.717, 1.165) is 22.4 Å². The molecule has 0 spiro atoms. The molecule has 1 saturated heterocycles. The van der Waals surface area contributed by atoms with Gasteiger partial charge in [-0.25, -0.2) is 9.67 Å². The number of ether oxygens (including phenoxy) is 1. The Bertz CT molecular complexity index is 1540. The van der Waals surface area contributed by atoms with Crippen molar-refractivity contribution < 1.29 is 13.5 Å². The largest absolute Gasteiger partial charge is 0.399 e. The third kappa shape index (κ3) is 4.73. The van der Waals surface area contributed by atoms with Gasteiger partial charge in [-0.2, -0.15) is 23.8 Å². The average Bonchev–Trinajstić information content (AvgIpc) is 3.61. The highest BCUT2D eigenvalue weighted by Crippen LogP contribution is 2.27. The number of nitrogens with one attached hydrogen (secondary N) is 1. The van der Waals surface area contributed by atoms with E-state index in [2.05, 4.69) is 39.7 Å². The third-order valence-electron chi connectivity index (χ3n) is 6.40. The maximum Gasteiger partial charge on any atom is 0.333 e. The van der Waals surface area contributed by atoms with Crippen LogP contribution in [-0.2, 0) is 11.3 Å². The summed E-state index contributed by atoms with van der Waals surface area (Å²) >= 11 is 0. The van der Waals surface area contributed by atoms with E-state index in [9.17, 15) is 8.78 Å². The summed E-state index contributed by atoms with van der Waals surface area (Å²) in [6.07, 6.45) is 4.17. The van der Waals surface area contributed by atoms with Crippen molar-refractivity contribution in [1.82, 2.24) is 29.3 Å². The van der Waals surface area contributed by atoms with Gasteiger partial charge in [0.1, 0.15) is 6.33 Å². The molecule has 0 unspecified atom stereocenters. The minimum absolute atomic E-state index is 0.434. The predicted octanol–water partition coefficient (Wildman–Crippen LogP) is 4.11. The fourth-order valence-corrected chi connectivity index (χ4v) is 4.34. The molecule has 3 aromatic heterocycles. The first-order chi connectivity index (χ1) is 18.5. The number of rotatable bonds is 7. The molecule has 5 aromatic rings. The molecule has 3 N–H and O–H groups in total. The smallest absolute Gasteiger partial charge is 0.333 e. The Morgan fingerprint density at radius 2 is 1.68 bits per heavy atom. The first-order valence-corrected chi connectivity index (χ1v) is 12.1. The topological polar surface area (TPSA) is 112 Å². The second-order valence-electron chi connectivity index (χ2n) is 8.89. The van der Waals surface area contributed by atoms with Crippen LogP contribution in [0.4, 0.5) is 26.2 Å². The minimum atomic E-state index is -2.74. The Kier molecular flexibility index (Phi) is 6.30. The molecule has 12 heteroatoms. The lowest BCUT2D eigenvalue weighted by Crippen LogP contribution is -2.37. The van der Waals surface area contributed by atoms with Crippen LogP contribution in [0.5, 0.6) is 0 Å².